The number of halogens is 2. The molecule has 0 spiro atoms. The molecule has 0 aliphatic carbocycles. The predicted octanol–water partition coefficient (Wildman–Crippen LogP) is 2.50. The summed E-state index contributed by atoms with van der Waals surface area (Å²) in [5, 5.41) is 11.4. The molecule has 0 amide bonds. The van der Waals surface area contributed by atoms with Gasteiger partial charge in [-0.3, -0.25) is 0 Å². The second-order valence-corrected chi connectivity index (χ2v) is 3.59. The standard InChI is InChI=1S/C12H12F2N2/c1-8(2)6-16-7-10-11(13)3-9(5-15)4-12(10)14/h3-4,16H,1,6-7H2,2H3. The molecule has 0 unspecified atom stereocenters. The molecular weight excluding hydrogens is 210 g/mol. The molecule has 84 valence electrons. The third kappa shape index (κ3) is 3.14. The molecule has 0 aromatic heterocycles. The maximum atomic E-state index is 13.4. The third-order valence-corrected chi connectivity index (χ3v) is 2.00. The molecule has 1 N–H and O–H groups in total. The Morgan fingerprint density at radius 1 is 1.44 bits per heavy atom. The largest absolute Gasteiger partial charge is 0.309 e. The highest BCUT2D eigenvalue weighted by Gasteiger charge is 2.10. The first-order valence-corrected chi connectivity index (χ1v) is 4.77. The molecule has 0 saturated carbocycles. The highest BCUT2D eigenvalue weighted by Crippen LogP contribution is 2.14. The van der Waals surface area contributed by atoms with Crippen LogP contribution in [0.5, 0.6) is 0 Å². The Morgan fingerprint density at radius 2 is 2.00 bits per heavy atom. The van der Waals surface area contributed by atoms with Crippen LogP contribution in [-0.2, 0) is 6.54 Å². The summed E-state index contributed by atoms with van der Waals surface area (Å²) in [5.74, 6) is -1.41. The molecule has 16 heavy (non-hydrogen) atoms. The van der Waals surface area contributed by atoms with Crippen molar-refractivity contribution in [1.82, 2.24) is 5.32 Å². The molecule has 1 aromatic rings. The van der Waals surface area contributed by atoms with Gasteiger partial charge in [0.2, 0.25) is 0 Å². The van der Waals surface area contributed by atoms with Crippen molar-refractivity contribution in [3.63, 3.8) is 0 Å². The number of rotatable bonds is 4. The summed E-state index contributed by atoms with van der Waals surface area (Å²) in [6.45, 7) is 6.06. The fourth-order valence-corrected chi connectivity index (χ4v) is 1.24. The topological polar surface area (TPSA) is 35.8 Å². The van der Waals surface area contributed by atoms with Crippen LogP contribution in [0.4, 0.5) is 8.78 Å². The van der Waals surface area contributed by atoms with Crippen molar-refractivity contribution < 1.29 is 8.78 Å². The first-order valence-electron chi connectivity index (χ1n) is 4.77. The van der Waals surface area contributed by atoms with Crippen LogP contribution in [0.3, 0.4) is 0 Å². The molecule has 0 aliphatic rings. The van der Waals surface area contributed by atoms with Crippen LogP contribution in [0.2, 0.25) is 0 Å². The first-order chi connectivity index (χ1) is 7.54. The maximum absolute atomic E-state index is 13.4. The van der Waals surface area contributed by atoms with E-state index in [4.69, 9.17) is 5.26 Å². The summed E-state index contributed by atoms with van der Waals surface area (Å²) in [4.78, 5) is 0. The molecule has 0 heterocycles. The Morgan fingerprint density at radius 3 is 2.44 bits per heavy atom. The third-order valence-electron chi connectivity index (χ3n) is 2.00. The van der Waals surface area contributed by atoms with Crippen LogP contribution in [0, 0.1) is 23.0 Å². The normalized spacial score (nSPS) is 9.88. The van der Waals surface area contributed by atoms with Crippen molar-refractivity contribution in [3.8, 4) is 6.07 Å². The summed E-state index contributed by atoms with van der Waals surface area (Å²) in [5.41, 5.74) is 0.813. The van der Waals surface area contributed by atoms with E-state index >= 15 is 0 Å². The van der Waals surface area contributed by atoms with E-state index in [0.29, 0.717) is 6.54 Å². The number of hydrogen-bond acceptors (Lipinski definition) is 2. The molecule has 0 saturated heterocycles. The fourth-order valence-electron chi connectivity index (χ4n) is 1.24. The second kappa shape index (κ2) is 5.38. The zero-order valence-corrected chi connectivity index (χ0v) is 8.98. The smallest absolute Gasteiger partial charge is 0.131 e. The van der Waals surface area contributed by atoms with Gasteiger partial charge >= 0.3 is 0 Å². The molecule has 4 heteroatoms. The number of hydrogen-bond donors (Lipinski definition) is 1. The summed E-state index contributed by atoms with van der Waals surface area (Å²) < 4.78 is 26.7. The van der Waals surface area contributed by atoms with Crippen molar-refractivity contribution in [2.24, 2.45) is 0 Å². The molecule has 0 bridgehead atoms. The Hall–Kier alpha value is -1.73. The minimum atomic E-state index is -0.703. The van der Waals surface area contributed by atoms with Gasteiger partial charge < -0.3 is 5.32 Å². The highest BCUT2D eigenvalue weighted by molar-refractivity contribution is 5.34. The van der Waals surface area contributed by atoms with Gasteiger partial charge in [0.15, 0.2) is 0 Å². The lowest BCUT2D eigenvalue weighted by molar-refractivity contribution is 0.540. The predicted molar refractivity (Wildman–Crippen MR) is 57.6 cm³/mol. The van der Waals surface area contributed by atoms with E-state index in [-0.39, 0.29) is 17.7 Å². The average Bonchev–Trinajstić information content (AvgIpc) is 2.21. The van der Waals surface area contributed by atoms with Gasteiger partial charge in [0.25, 0.3) is 0 Å². The van der Waals surface area contributed by atoms with Crippen LogP contribution >= 0.6 is 0 Å². The molecule has 1 aromatic carbocycles. The van der Waals surface area contributed by atoms with Crippen LogP contribution in [0.15, 0.2) is 24.3 Å². The van der Waals surface area contributed by atoms with E-state index in [1.807, 2.05) is 6.92 Å². The SMILES string of the molecule is C=C(C)CNCc1c(F)cc(C#N)cc1F. The Kier molecular flexibility index (Phi) is 4.15. The summed E-state index contributed by atoms with van der Waals surface area (Å²) >= 11 is 0. The summed E-state index contributed by atoms with van der Waals surface area (Å²) in [6.07, 6.45) is 0. The second-order valence-electron chi connectivity index (χ2n) is 3.59. The maximum Gasteiger partial charge on any atom is 0.131 e. The lowest BCUT2D eigenvalue weighted by Crippen LogP contribution is -2.17. The summed E-state index contributed by atoms with van der Waals surface area (Å²) in [7, 11) is 0. The number of nitrogens with zero attached hydrogens (tertiary/aromatic N) is 1. The zero-order valence-electron chi connectivity index (χ0n) is 8.98. The van der Waals surface area contributed by atoms with Crippen molar-refractivity contribution in [3.05, 3.63) is 47.0 Å². The van der Waals surface area contributed by atoms with Crippen molar-refractivity contribution >= 4 is 0 Å². The van der Waals surface area contributed by atoms with Crippen LogP contribution in [0.1, 0.15) is 18.1 Å². The Labute approximate surface area is 93.2 Å². The van der Waals surface area contributed by atoms with Gasteiger partial charge in [0.05, 0.1) is 11.6 Å². The van der Waals surface area contributed by atoms with E-state index in [1.165, 1.54) is 0 Å². The molecule has 0 radical (unpaired) electrons. The first kappa shape index (κ1) is 12.3. The lowest BCUT2D eigenvalue weighted by atomic mass is 10.1. The highest BCUT2D eigenvalue weighted by atomic mass is 19.1. The van der Waals surface area contributed by atoms with Crippen molar-refractivity contribution in [2.75, 3.05) is 6.54 Å². The van der Waals surface area contributed by atoms with Gasteiger partial charge in [-0.05, 0) is 19.1 Å². The minimum Gasteiger partial charge on any atom is -0.309 e. The molecular formula is C12H12F2N2. The van der Waals surface area contributed by atoms with Crippen LogP contribution < -0.4 is 5.32 Å². The van der Waals surface area contributed by atoms with E-state index in [2.05, 4.69) is 11.9 Å². The Balaban J connectivity index is 2.81. The molecule has 0 fully saturated rings. The van der Waals surface area contributed by atoms with E-state index in [0.717, 1.165) is 17.7 Å². The van der Waals surface area contributed by atoms with E-state index in [1.54, 1.807) is 6.07 Å². The number of benzene rings is 1. The van der Waals surface area contributed by atoms with E-state index in [9.17, 15) is 8.78 Å². The lowest BCUT2D eigenvalue weighted by Gasteiger charge is -2.07. The number of nitrogens with one attached hydrogen (secondary N) is 1. The van der Waals surface area contributed by atoms with Gasteiger partial charge in [0, 0.05) is 18.7 Å². The molecule has 2 nitrogen and oxygen atoms in total. The van der Waals surface area contributed by atoms with Crippen LogP contribution in [0.25, 0.3) is 0 Å². The van der Waals surface area contributed by atoms with Crippen molar-refractivity contribution in [1.29, 1.82) is 5.26 Å². The monoisotopic (exact) mass is 222 g/mol. The quantitative estimate of drug-likeness (QED) is 0.794. The average molecular weight is 222 g/mol. The van der Waals surface area contributed by atoms with Gasteiger partial charge in [-0.25, -0.2) is 8.78 Å². The van der Waals surface area contributed by atoms with Crippen LogP contribution in [-0.4, -0.2) is 6.54 Å². The summed E-state index contributed by atoms with van der Waals surface area (Å²) in [6, 6.07) is 3.75. The molecule has 1 rings (SSSR count). The van der Waals surface area contributed by atoms with Crippen molar-refractivity contribution in [2.45, 2.75) is 13.5 Å². The van der Waals surface area contributed by atoms with Gasteiger partial charge in [-0.15, -0.1) is 0 Å². The fraction of sp³-hybridized carbons (Fsp3) is 0.250. The molecule has 0 aliphatic heterocycles. The van der Waals surface area contributed by atoms with E-state index < -0.39 is 11.6 Å². The van der Waals surface area contributed by atoms with Gasteiger partial charge in [-0.1, -0.05) is 12.2 Å². The van der Waals surface area contributed by atoms with Gasteiger partial charge in [-0.2, -0.15) is 5.26 Å². The Bertz CT molecular complexity index is 424. The van der Waals surface area contributed by atoms with Gasteiger partial charge in [0.1, 0.15) is 11.6 Å². The minimum absolute atomic E-state index is 0.0151. The number of nitriles is 1. The molecule has 0 atom stereocenters. The zero-order chi connectivity index (χ0) is 12.1.